The van der Waals surface area contributed by atoms with Crippen LogP contribution in [0.4, 0.5) is 5.69 Å². The van der Waals surface area contributed by atoms with Gasteiger partial charge in [-0.1, -0.05) is 36.9 Å². The van der Waals surface area contributed by atoms with Gasteiger partial charge in [-0.25, -0.2) is 0 Å². The first-order chi connectivity index (χ1) is 10.5. The number of rotatable bonds is 5. The molecule has 0 radical (unpaired) electrons. The van der Waals surface area contributed by atoms with Crippen LogP contribution in [0, 0.1) is 0 Å². The van der Waals surface area contributed by atoms with E-state index in [0.717, 1.165) is 22.5 Å². The van der Waals surface area contributed by atoms with Crippen LogP contribution in [0.15, 0.2) is 59.8 Å². The molecule has 0 atom stereocenters. The van der Waals surface area contributed by atoms with Crippen molar-refractivity contribution in [1.82, 2.24) is 0 Å². The Bertz CT molecular complexity index is 608. The molecule has 1 heterocycles. The van der Waals surface area contributed by atoms with Crippen molar-refractivity contribution in [3.05, 3.63) is 65.4 Å². The Labute approximate surface area is 133 Å². The lowest BCUT2D eigenvalue weighted by Crippen LogP contribution is -2.24. The predicted octanol–water partition coefficient (Wildman–Crippen LogP) is 4.74. The molecule has 1 aromatic carbocycles. The Balaban J connectivity index is 2.43. The number of anilines is 1. The number of hydrogen-bond acceptors (Lipinski definition) is 3. The summed E-state index contributed by atoms with van der Waals surface area (Å²) >= 11 is 0. The normalized spacial score (nSPS) is 18.8. The van der Waals surface area contributed by atoms with Crippen LogP contribution in [0.25, 0.3) is 0 Å². The Morgan fingerprint density at radius 3 is 2.45 bits per heavy atom. The van der Waals surface area contributed by atoms with Gasteiger partial charge in [-0.15, -0.1) is 0 Å². The van der Waals surface area contributed by atoms with Crippen molar-refractivity contribution in [2.75, 3.05) is 18.5 Å². The zero-order valence-corrected chi connectivity index (χ0v) is 13.9. The molecule has 1 saturated heterocycles. The molecule has 0 bridgehead atoms. The predicted molar refractivity (Wildman–Crippen MR) is 91.6 cm³/mol. The van der Waals surface area contributed by atoms with Crippen molar-refractivity contribution in [1.29, 1.82) is 0 Å². The lowest BCUT2D eigenvalue weighted by atomic mass is 10.0. The van der Waals surface area contributed by atoms with E-state index < -0.39 is 5.79 Å². The van der Waals surface area contributed by atoms with E-state index in [-0.39, 0.29) is 0 Å². The molecule has 0 aliphatic carbocycles. The number of para-hydroxylation sites is 1. The fraction of sp³-hybridized carbons (Fsp3) is 0.368. The molecular weight excluding hydrogens is 274 g/mol. The second-order valence-electron chi connectivity index (χ2n) is 5.55. The topological polar surface area (TPSA) is 30.5 Å². The molecule has 3 nitrogen and oxygen atoms in total. The van der Waals surface area contributed by atoms with Crippen LogP contribution in [0.5, 0.6) is 0 Å². The van der Waals surface area contributed by atoms with Crippen LogP contribution in [0.3, 0.4) is 0 Å². The number of ether oxygens (including phenoxy) is 2. The Morgan fingerprint density at radius 1 is 1.23 bits per heavy atom. The average Bonchev–Trinajstić information content (AvgIpc) is 2.99. The van der Waals surface area contributed by atoms with Gasteiger partial charge in [0.1, 0.15) is 0 Å². The highest BCUT2D eigenvalue weighted by Gasteiger charge is 2.35. The van der Waals surface area contributed by atoms with Crippen LogP contribution in [0.1, 0.15) is 33.3 Å². The fourth-order valence-corrected chi connectivity index (χ4v) is 2.55. The standard InChI is InChI=1S/C19H25NO2/c1-6-14(3)18(15(4)7-2)20-17-11-9-8-10-16(17)19(5)21-12-13-22-19/h6-11,20H,1,12-13H2,2-5H3/b15-7-,18-14+. The van der Waals surface area contributed by atoms with E-state index in [0.29, 0.717) is 13.2 Å². The summed E-state index contributed by atoms with van der Waals surface area (Å²) < 4.78 is 11.6. The van der Waals surface area contributed by atoms with Gasteiger partial charge in [0.25, 0.3) is 0 Å². The fourth-order valence-electron chi connectivity index (χ4n) is 2.55. The van der Waals surface area contributed by atoms with E-state index in [1.807, 2.05) is 44.2 Å². The van der Waals surface area contributed by atoms with E-state index in [1.165, 1.54) is 5.57 Å². The minimum Gasteiger partial charge on any atom is -0.355 e. The summed E-state index contributed by atoms with van der Waals surface area (Å²) in [7, 11) is 0. The minimum atomic E-state index is -0.694. The SMILES string of the molecule is C=C/C(C)=C(Nc1ccccc1C1(C)OCCO1)\C(C)=C/C. The Hall–Kier alpha value is -1.84. The van der Waals surface area contributed by atoms with E-state index in [9.17, 15) is 0 Å². The summed E-state index contributed by atoms with van der Waals surface area (Å²) in [6.07, 6.45) is 3.95. The second-order valence-corrected chi connectivity index (χ2v) is 5.55. The van der Waals surface area contributed by atoms with Crippen molar-refractivity contribution in [2.45, 2.75) is 33.5 Å². The molecule has 118 valence electrons. The highest BCUT2D eigenvalue weighted by molar-refractivity contribution is 5.61. The summed E-state index contributed by atoms with van der Waals surface area (Å²) in [5.41, 5.74) is 5.33. The maximum absolute atomic E-state index is 5.81. The molecule has 1 aliphatic heterocycles. The summed E-state index contributed by atoms with van der Waals surface area (Å²) in [6.45, 7) is 13.2. The third-order valence-electron chi connectivity index (χ3n) is 4.04. The Morgan fingerprint density at radius 2 is 1.86 bits per heavy atom. The van der Waals surface area contributed by atoms with Gasteiger partial charge in [-0.05, 0) is 44.9 Å². The van der Waals surface area contributed by atoms with Crippen molar-refractivity contribution < 1.29 is 9.47 Å². The maximum Gasteiger partial charge on any atom is 0.194 e. The van der Waals surface area contributed by atoms with Crippen molar-refractivity contribution >= 4 is 5.69 Å². The van der Waals surface area contributed by atoms with Gasteiger partial charge in [-0.2, -0.15) is 0 Å². The van der Waals surface area contributed by atoms with Gasteiger partial charge in [0.15, 0.2) is 5.79 Å². The molecule has 0 amide bonds. The van der Waals surface area contributed by atoms with Crippen molar-refractivity contribution in [3.63, 3.8) is 0 Å². The van der Waals surface area contributed by atoms with Gasteiger partial charge in [-0.3, -0.25) is 0 Å². The summed E-state index contributed by atoms with van der Waals surface area (Å²) in [5, 5.41) is 3.53. The van der Waals surface area contributed by atoms with Crippen LogP contribution in [0.2, 0.25) is 0 Å². The lowest BCUT2D eigenvalue weighted by molar-refractivity contribution is -0.149. The first kappa shape index (κ1) is 16.5. The van der Waals surface area contributed by atoms with Crippen LogP contribution in [-0.2, 0) is 15.3 Å². The van der Waals surface area contributed by atoms with Gasteiger partial charge in [0.05, 0.1) is 13.2 Å². The molecule has 3 heteroatoms. The highest BCUT2D eigenvalue weighted by atomic mass is 16.7. The summed E-state index contributed by atoms with van der Waals surface area (Å²) in [5.74, 6) is -0.694. The molecule has 2 rings (SSSR count). The zero-order chi connectivity index (χ0) is 16.2. The number of benzene rings is 1. The lowest BCUT2D eigenvalue weighted by Gasteiger charge is -2.26. The molecule has 0 spiro atoms. The average molecular weight is 299 g/mol. The third kappa shape index (κ3) is 3.32. The molecule has 1 aliphatic rings. The molecular formula is C19H25NO2. The second kappa shape index (κ2) is 6.95. The van der Waals surface area contributed by atoms with Gasteiger partial charge in [0.2, 0.25) is 0 Å². The van der Waals surface area contributed by atoms with Crippen LogP contribution < -0.4 is 5.32 Å². The maximum atomic E-state index is 5.81. The minimum absolute atomic E-state index is 0.618. The van der Waals surface area contributed by atoms with Gasteiger partial charge >= 0.3 is 0 Å². The zero-order valence-electron chi connectivity index (χ0n) is 13.9. The number of allylic oxidation sites excluding steroid dienone is 4. The Kier molecular flexibility index (Phi) is 5.22. The van der Waals surface area contributed by atoms with Gasteiger partial charge < -0.3 is 14.8 Å². The first-order valence-electron chi connectivity index (χ1n) is 7.63. The number of hydrogen-bond donors (Lipinski definition) is 1. The molecule has 1 aromatic rings. The molecule has 1 N–H and O–H groups in total. The van der Waals surface area contributed by atoms with Crippen LogP contribution >= 0.6 is 0 Å². The monoisotopic (exact) mass is 299 g/mol. The molecule has 0 aromatic heterocycles. The van der Waals surface area contributed by atoms with Crippen LogP contribution in [-0.4, -0.2) is 13.2 Å². The largest absolute Gasteiger partial charge is 0.355 e. The first-order valence-corrected chi connectivity index (χ1v) is 7.63. The quantitative estimate of drug-likeness (QED) is 0.796. The van der Waals surface area contributed by atoms with E-state index in [2.05, 4.69) is 31.8 Å². The van der Waals surface area contributed by atoms with E-state index in [4.69, 9.17) is 9.47 Å². The van der Waals surface area contributed by atoms with Crippen molar-refractivity contribution in [2.24, 2.45) is 0 Å². The molecule has 22 heavy (non-hydrogen) atoms. The summed E-state index contributed by atoms with van der Waals surface area (Å²) in [6, 6.07) is 8.10. The number of nitrogens with one attached hydrogen (secondary N) is 1. The van der Waals surface area contributed by atoms with Gasteiger partial charge in [0, 0.05) is 16.9 Å². The van der Waals surface area contributed by atoms with Crippen molar-refractivity contribution in [3.8, 4) is 0 Å². The van der Waals surface area contributed by atoms with E-state index >= 15 is 0 Å². The van der Waals surface area contributed by atoms with E-state index in [1.54, 1.807) is 0 Å². The smallest absolute Gasteiger partial charge is 0.194 e. The third-order valence-corrected chi connectivity index (χ3v) is 4.04. The molecule has 0 unspecified atom stereocenters. The molecule has 1 fully saturated rings. The molecule has 0 saturated carbocycles. The summed E-state index contributed by atoms with van der Waals surface area (Å²) in [4.78, 5) is 0. The highest BCUT2D eigenvalue weighted by Crippen LogP contribution is 2.36.